The first kappa shape index (κ1) is 18.4. The summed E-state index contributed by atoms with van der Waals surface area (Å²) in [6.07, 6.45) is 2.70. The molecule has 2 aromatic heterocycles. The Morgan fingerprint density at radius 3 is 2.79 bits per heavy atom. The Morgan fingerprint density at radius 2 is 2.12 bits per heavy atom. The molecule has 2 aromatic rings. The maximum Gasteiger partial charge on any atom is 0.210 e. The molecule has 0 bridgehead atoms. The summed E-state index contributed by atoms with van der Waals surface area (Å²) < 4.78 is 7.39. The molecule has 0 aromatic carbocycles. The van der Waals surface area contributed by atoms with E-state index in [0.29, 0.717) is 29.9 Å². The van der Waals surface area contributed by atoms with Crippen LogP contribution < -0.4 is 5.73 Å². The van der Waals surface area contributed by atoms with E-state index in [-0.39, 0.29) is 11.7 Å². The lowest BCUT2D eigenvalue weighted by atomic mass is 9.92. The average molecular weight is 333 g/mol. The Kier molecular flexibility index (Phi) is 6.34. The molecule has 6 nitrogen and oxygen atoms in total. The number of ketones is 1. The van der Waals surface area contributed by atoms with Gasteiger partial charge in [-0.15, -0.1) is 0 Å². The first-order valence-corrected chi connectivity index (χ1v) is 8.57. The van der Waals surface area contributed by atoms with Gasteiger partial charge < -0.3 is 15.6 Å². The number of Topliss-reactive ketones (excluding diaryl/α,β-unsaturated/α-hetero) is 1. The molecule has 0 aliphatic carbocycles. The average Bonchev–Trinajstić information content (AvgIpc) is 3.02. The van der Waals surface area contributed by atoms with Crippen molar-refractivity contribution in [2.24, 2.45) is 5.92 Å². The summed E-state index contributed by atoms with van der Waals surface area (Å²) in [4.78, 5) is 13.0. The number of aliphatic hydroxyl groups is 1. The second kappa shape index (κ2) is 8.26. The van der Waals surface area contributed by atoms with Gasteiger partial charge in [0.05, 0.1) is 17.3 Å². The maximum atomic E-state index is 13.0. The Balaban J connectivity index is 2.32. The fraction of sp³-hybridized carbons (Fsp3) is 0.556. The number of carbonyl (C=O) groups excluding carboxylic acids is 1. The molecular formula is C18H27N3O3. The highest BCUT2D eigenvalue weighted by molar-refractivity contribution is 5.99. The van der Waals surface area contributed by atoms with Crippen molar-refractivity contribution in [2.45, 2.75) is 52.2 Å². The number of hydrogen-bond acceptors (Lipinski definition) is 5. The number of rotatable bonds is 9. The lowest BCUT2D eigenvalue weighted by molar-refractivity contribution is -0.0197. The molecule has 0 spiro atoms. The van der Waals surface area contributed by atoms with Crippen molar-refractivity contribution in [1.29, 1.82) is 0 Å². The van der Waals surface area contributed by atoms with Gasteiger partial charge in [0.15, 0.2) is 0 Å². The number of nitrogens with zero attached hydrogens (tertiary/aromatic N) is 2. The standard InChI is InChI=1S/C18H27N3O3/c1-4-6-11-24-18(12(3)16(22)5-2)17(23)15-8-7-14-13(19)9-10-20-21(14)15/h7-10,12,16,18,22H,4-6,11,19H2,1-3H3/t12-,16-,18-/m1/s1. The molecule has 132 valence electrons. The van der Waals surface area contributed by atoms with Gasteiger partial charge in [-0.25, -0.2) is 4.52 Å². The normalized spacial score (nSPS) is 15.3. The van der Waals surface area contributed by atoms with Gasteiger partial charge in [-0.1, -0.05) is 27.2 Å². The van der Waals surface area contributed by atoms with Crippen LogP contribution in [0.1, 0.15) is 50.5 Å². The number of carbonyl (C=O) groups is 1. The van der Waals surface area contributed by atoms with E-state index in [1.165, 1.54) is 0 Å². The molecular weight excluding hydrogens is 306 g/mol. The number of aromatic nitrogens is 2. The second-order valence-corrected chi connectivity index (χ2v) is 6.15. The largest absolute Gasteiger partial charge is 0.397 e. The van der Waals surface area contributed by atoms with Crippen LogP contribution in [0.15, 0.2) is 24.4 Å². The van der Waals surface area contributed by atoms with Crippen LogP contribution in [0.25, 0.3) is 5.52 Å². The van der Waals surface area contributed by atoms with E-state index >= 15 is 0 Å². The quantitative estimate of drug-likeness (QED) is 0.544. The number of fused-ring (bicyclic) bond motifs is 1. The Labute approximate surface area is 142 Å². The molecule has 0 saturated heterocycles. The number of ether oxygens (including phenoxy) is 1. The number of anilines is 1. The fourth-order valence-electron chi connectivity index (χ4n) is 2.76. The zero-order valence-electron chi connectivity index (χ0n) is 14.6. The first-order valence-electron chi connectivity index (χ1n) is 8.57. The number of aliphatic hydroxyl groups excluding tert-OH is 1. The van der Waals surface area contributed by atoms with Gasteiger partial charge >= 0.3 is 0 Å². The minimum atomic E-state index is -0.701. The van der Waals surface area contributed by atoms with Gasteiger partial charge in [0.25, 0.3) is 0 Å². The third-order valence-corrected chi connectivity index (χ3v) is 4.40. The topological polar surface area (TPSA) is 89.9 Å². The van der Waals surface area contributed by atoms with Gasteiger partial charge in [-0.3, -0.25) is 4.79 Å². The number of hydrogen-bond donors (Lipinski definition) is 2. The fourth-order valence-corrected chi connectivity index (χ4v) is 2.76. The summed E-state index contributed by atoms with van der Waals surface area (Å²) in [5, 5.41) is 14.4. The molecule has 0 saturated carbocycles. The van der Waals surface area contributed by atoms with Crippen LogP contribution in [0.2, 0.25) is 0 Å². The molecule has 3 N–H and O–H groups in total. The van der Waals surface area contributed by atoms with Crippen LogP contribution in [0, 0.1) is 5.92 Å². The molecule has 0 fully saturated rings. The van der Waals surface area contributed by atoms with Crippen LogP contribution in [-0.2, 0) is 4.74 Å². The van der Waals surface area contributed by atoms with Crippen molar-refractivity contribution in [3.8, 4) is 0 Å². The van der Waals surface area contributed by atoms with Crippen molar-refractivity contribution in [3.05, 3.63) is 30.1 Å². The van der Waals surface area contributed by atoms with Crippen LogP contribution in [0.4, 0.5) is 5.69 Å². The smallest absolute Gasteiger partial charge is 0.210 e. The molecule has 0 aliphatic rings. The highest BCUT2D eigenvalue weighted by Crippen LogP contribution is 2.22. The van der Waals surface area contributed by atoms with Crippen LogP contribution in [-0.4, -0.2) is 39.3 Å². The van der Waals surface area contributed by atoms with Gasteiger partial charge in [0.2, 0.25) is 5.78 Å². The highest BCUT2D eigenvalue weighted by atomic mass is 16.5. The maximum absolute atomic E-state index is 13.0. The molecule has 2 rings (SSSR count). The van der Waals surface area contributed by atoms with E-state index < -0.39 is 12.2 Å². The van der Waals surface area contributed by atoms with Gasteiger partial charge in [-0.2, -0.15) is 5.10 Å². The first-order chi connectivity index (χ1) is 11.5. The molecule has 0 unspecified atom stereocenters. The minimum absolute atomic E-state index is 0.177. The third kappa shape index (κ3) is 3.76. The number of nitrogen functional groups attached to an aromatic ring is 1. The highest BCUT2D eigenvalue weighted by Gasteiger charge is 2.32. The predicted octanol–water partition coefficient (Wildman–Crippen LogP) is 2.69. The summed E-state index contributed by atoms with van der Waals surface area (Å²) >= 11 is 0. The molecule has 2 heterocycles. The summed E-state index contributed by atoms with van der Waals surface area (Å²) in [6.45, 7) is 6.30. The number of nitrogens with two attached hydrogens (primary N) is 1. The van der Waals surface area contributed by atoms with Gasteiger partial charge in [-0.05, 0) is 31.0 Å². The van der Waals surface area contributed by atoms with Crippen LogP contribution in [0.5, 0.6) is 0 Å². The lowest BCUT2D eigenvalue weighted by Crippen LogP contribution is -2.38. The zero-order valence-corrected chi connectivity index (χ0v) is 14.6. The van der Waals surface area contributed by atoms with E-state index in [2.05, 4.69) is 12.0 Å². The summed E-state index contributed by atoms with van der Waals surface area (Å²) in [5.74, 6) is -0.477. The van der Waals surface area contributed by atoms with Crippen molar-refractivity contribution < 1.29 is 14.6 Å². The van der Waals surface area contributed by atoms with Gasteiger partial charge in [0, 0.05) is 18.7 Å². The van der Waals surface area contributed by atoms with E-state index in [0.717, 1.165) is 12.8 Å². The van der Waals surface area contributed by atoms with Crippen LogP contribution in [0.3, 0.4) is 0 Å². The van der Waals surface area contributed by atoms with Gasteiger partial charge in [0.1, 0.15) is 11.8 Å². The molecule has 6 heteroatoms. The van der Waals surface area contributed by atoms with E-state index in [9.17, 15) is 9.90 Å². The van der Waals surface area contributed by atoms with Crippen molar-refractivity contribution >= 4 is 17.0 Å². The molecule has 3 atom stereocenters. The second-order valence-electron chi connectivity index (χ2n) is 6.15. The molecule has 0 aliphatic heterocycles. The lowest BCUT2D eigenvalue weighted by Gasteiger charge is -2.26. The predicted molar refractivity (Wildman–Crippen MR) is 94.0 cm³/mol. The molecule has 0 radical (unpaired) electrons. The minimum Gasteiger partial charge on any atom is -0.397 e. The summed E-state index contributed by atoms with van der Waals surface area (Å²) in [6, 6.07) is 5.18. The SMILES string of the molecule is CCCCO[C@@H](C(=O)c1ccc2c(N)ccnn12)[C@H](C)[C@H](O)CC. The monoisotopic (exact) mass is 333 g/mol. The molecule has 24 heavy (non-hydrogen) atoms. The number of unbranched alkanes of at least 4 members (excludes halogenated alkanes) is 1. The summed E-state index contributed by atoms with van der Waals surface area (Å²) in [7, 11) is 0. The Bertz CT molecular complexity index is 683. The van der Waals surface area contributed by atoms with Crippen molar-refractivity contribution in [1.82, 2.24) is 9.61 Å². The Hall–Kier alpha value is -1.92. The van der Waals surface area contributed by atoms with E-state index in [1.54, 1.807) is 28.9 Å². The van der Waals surface area contributed by atoms with Crippen molar-refractivity contribution in [3.63, 3.8) is 0 Å². The zero-order chi connectivity index (χ0) is 17.7. The van der Waals surface area contributed by atoms with Crippen LogP contribution >= 0.6 is 0 Å². The Morgan fingerprint density at radius 1 is 1.38 bits per heavy atom. The third-order valence-electron chi connectivity index (χ3n) is 4.40. The van der Waals surface area contributed by atoms with E-state index in [4.69, 9.17) is 10.5 Å². The molecule has 0 amide bonds. The van der Waals surface area contributed by atoms with E-state index in [1.807, 2.05) is 13.8 Å². The van der Waals surface area contributed by atoms with Crippen molar-refractivity contribution in [2.75, 3.05) is 12.3 Å². The summed E-state index contributed by atoms with van der Waals surface area (Å²) in [5.41, 5.74) is 7.61.